The van der Waals surface area contributed by atoms with E-state index in [2.05, 4.69) is 33.9 Å². The SMILES string of the molecule is CC(=CC1=CC=C(CO[Si](C)(C)C(C)(C)C)SS1)C(=O)O. The largest absolute Gasteiger partial charge is 0.478 e. The van der Waals surface area contributed by atoms with Crippen molar-refractivity contribution in [3.63, 3.8) is 0 Å². The van der Waals surface area contributed by atoms with E-state index in [9.17, 15) is 4.79 Å². The molecular weight excluding hydrogens is 320 g/mol. The minimum atomic E-state index is -1.72. The molecule has 0 atom stereocenters. The zero-order valence-corrected chi connectivity index (χ0v) is 16.2. The van der Waals surface area contributed by atoms with Crippen LogP contribution in [0.5, 0.6) is 0 Å². The number of hydrogen-bond acceptors (Lipinski definition) is 4. The van der Waals surface area contributed by atoms with Gasteiger partial charge >= 0.3 is 5.97 Å². The smallest absolute Gasteiger partial charge is 0.331 e. The highest BCUT2D eigenvalue weighted by molar-refractivity contribution is 8.79. The highest BCUT2D eigenvalue weighted by atomic mass is 33.1. The van der Waals surface area contributed by atoms with Crippen molar-refractivity contribution in [1.82, 2.24) is 0 Å². The summed E-state index contributed by atoms with van der Waals surface area (Å²) in [6.45, 7) is 13.4. The van der Waals surface area contributed by atoms with Crippen molar-refractivity contribution in [2.75, 3.05) is 6.61 Å². The number of aliphatic carboxylic acids is 1. The fourth-order valence-electron chi connectivity index (χ4n) is 1.22. The van der Waals surface area contributed by atoms with E-state index in [1.54, 1.807) is 34.6 Å². The number of carboxylic acid groups (broad SMARTS) is 1. The van der Waals surface area contributed by atoms with Crippen LogP contribution in [-0.4, -0.2) is 26.0 Å². The van der Waals surface area contributed by atoms with Crippen molar-refractivity contribution in [2.24, 2.45) is 0 Å². The van der Waals surface area contributed by atoms with Gasteiger partial charge in [0.2, 0.25) is 0 Å². The Morgan fingerprint density at radius 2 is 1.95 bits per heavy atom. The lowest BCUT2D eigenvalue weighted by molar-refractivity contribution is -0.132. The van der Waals surface area contributed by atoms with Gasteiger partial charge in [-0.25, -0.2) is 4.79 Å². The number of carbonyl (C=O) groups is 1. The molecule has 1 aliphatic heterocycles. The van der Waals surface area contributed by atoms with Crippen LogP contribution in [0.3, 0.4) is 0 Å². The number of allylic oxidation sites excluding steroid dienone is 3. The van der Waals surface area contributed by atoms with Crippen LogP contribution < -0.4 is 0 Å². The Morgan fingerprint density at radius 3 is 2.38 bits per heavy atom. The first-order chi connectivity index (χ1) is 9.53. The quantitative estimate of drug-likeness (QED) is 0.422. The molecule has 1 N–H and O–H groups in total. The van der Waals surface area contributed by atoms with Gasteiger partial charge < -0.3 is 9.53 Å². The molecule has 6 heteroatoms. The van der Waals surface area contributed by atoms with Crippen molar-refractivity contribution in [2.45, 2.75) is 45.8 Å². The van der Waals surface area contributed by atoms with Crippen molar-refractivity contribution >= 4 is 35.9 Å². The second-order valence-electron chi connectivity index (χ2n) is 6.55. The van der Waals surface area contributed by atoms with Crippen LogP contribution >= 0.6 is 21.6 Å². The van der Waals surface area contributed by atoms with E-state index in [1.165, 1.54) is 4.91 Å². The Kier molecular flexibility index (Phi) is 6.40. The minimum absolute atomic E-state index is 0.211. The van der Waals surface area contributed by atoms with Gasteiger partial charge in [-0.2, -0.15) is 0 Å². The highest BCUT2D eigenvalue weighted by Gasteiger charge is 2.37. The van der Waals surface area contributed by atoms with Gasteiger partial charge in [0.15, 0.2) is 8.32 Å². The maximum atomic E-state index is 10.8. The van der Waals surface area contributed by atoms with Gasteiger partial charge in [-0.05, 0) is 43.3 Å². The molecule has 0 spiro atoms. The van der Waals surface area contributed by atoms with Crippen molar-refractivity contribution in [3.05, 3.63) is 33.6 Å². The number of rotatable bonds is 5. The lowest BCUT2D eigenvalue weighted by atomic mass is 10.2. The fraction of sp³-hybridized carbons (Fsp3) is 0.533. The topological polar surface area (TPSA) is 46.5 Å². The Bertz CT molecular complexity index is 500. The lowest BCUT2D eigenvalue weighted by Gasteiger charge is -2.36. The molecule has 1 heterocycles. The van der Waals surface area contributed by atoms with E-state index in [-0.39, 0.29) is 5.04 Å². The molecule has 1 aliphatic rings. The molecule has 118 valence electrons. The Hall–Kier alpha value is -0.433. The molecule has 0 amide bonds. The van der Waals surface area contributed by atoms with Crippen LogP contribution in [0, 0.1) is 0 Å². The highest BCUT2D eigenvalue weighted by Crippen LogP contribution is 2.42. The van der Waals surface area contributed by atoms with Gasteiger partial charge in [-0.15, -0.1) is 0 Å². The summed E-state index contributed by atoms with van der Waals surface area (Å²) in [7, 11) is 1.51. The summed E-state index contributed by atoms with van der Waals surface area (Å²) in [6, 6.07) is 0. The summed E-state index contributed by atoms with van der Waals surface area (Å²) >= 11 is 0. The molecule has 0 fully saturated rings. The van der Waals surface area contributed by atoms with Gasteiger partial charge in [0.05, 0.1) is 6.61 Å². The van der Waals surface area contributed by atoms with Crippen LogP contribution in [0.4, 0.5) is 0 Å². The molecule has 0 saturated carbocycles. The molecule has 0 aromatic rings. The maximum absolute atomic E-state index is 10.8. The zero-order valence-electron chi connectivity index (χ0n) is 13.5. The first kappa shape index (κ1) is 18.6. The normalized spacial score (nSPS) is 17.3. The maximum Gasteiger partial charge on any atom is 0.331 e. The fourth-order valence-corrected chi connectivity index (χ4v) is 4.29. The number of carboxylic acids is 1. The van der Waals surface area contributed by atoms with E-state index < -0.39 is 14.3 Å². The van der Waals surface area contributed by atoms with Crippen LogP contribution in [0.15, 0.2) is 33.6 Å². The molecule has 0 aliphatic carbocycles. The summed E-state index contributed by atoms with van der Waals surface area (Å²) in [5.74, 6) is -0.877. The van der Waals surface area contributed by atoms with Gasteiger partial charge in [0.1, 0.15) is 0 Å². The van der Waals surface area contributed by atoms with Crippen LogP contribution in [0.1, 0.15) is 27.7 Å². The lowest BCUT2D eigenvalue weighted by Crippen LogP contribution is -2.41. The van der Waals surface area contributed by atoms with Gasteiger partial charge in [-0.1, -0.05) is 42.4 Å². The van der Waals surface area contributed by atoms with E-state index in [4.69, 9.17) is 9.53 Å². The summed E-state index contributed by atoms with van der Waals surface area (Å²) < 4.78 is 6.19. The van der Waals surface area contributed by atoms with Crippen LogP contribution in [0.25, 0.3) is 0 Å². The number of hydrogen-bond donors (Lipinski definition) is 1. The van der Waals surface area contributed by atoms with Gasteiger partial charge in [0.25, 0.3) is 0 Å². The van der Waals surface area contributed by atoms with Crippen molar-refractivity contribution in [1.29, 1.82) is 0 Å². The first-order valence-corrected chi connectivity index (χ1v) is 11.9. The molecule has 0 saturated heterocycles. The van der Waals surface area contributed by atoms with Crippen LogP contribution in [-0.2, 0) is 9.22 Å². The summed E-state index contributed by atoms with van der Waals surface area (Å²) in [5.41, 5.74) is 0.351. The third kappa shape index (κ3) is 5.69. The molecule has 3 nitrogen and oxygen atoms in total. The van der Waals surface area contributed by atoms with E-state index in [0.29, 0.717) is 12.2 Å². The predicted octanol–water partition coefficient (Wildman–Crippen LogP) is 5.20. The average molecular weight is 345 g/mol. The molecular formula is C15H24O3S2Si. The molecule has 0 unspecified atom stereocenters. The summed E-state index contributed by atoms with van der Waals surface area (Å²) in [5, 5.41) is 9.08. The van der Waals surface area contributed by atoms with Crippen LogP contribution in [0.2, 0.25) is 18.1 Å². The molecule has 0 radical (unpaired) electrons. The summed E-state index contributed by atoms with van der Waals surface area (Å²) in [6.07, 6.45) is 5.68. The second kappa shape index (κ2) is 7.22. The van der Waals surface area contributed by atoms with E-state index in [1.807, 2.05) is 12.2 Å². The third-order valence-corrected chi connectivity index (χ3v) is 10.7. The van der Waals surface area contributed by atoms with E-state index in [0.717, 1.165) is 4.91 Å². The summed E-state index contributed by atoms with van der Waals surface area (Å²) in [4.78, 5) is 12.9. The second-order valence-corrected chi connectivity index (χ2v) is 13.7. The molecule has 0 bridgehead atoms. The minimum Gasteiger partial charge on any atom is -0.478 e. The van der Waals surface area contributed by atoms with E-state index >= 15 is 0 Å². The molecule has 0 aromatic carbocycles. The molecule has 1 rings (SSSR count). The Morgan fingerprint density at radius 1 is 1.33 bits per heavy atom. The molecule has 0 aromatic heterocycles. The zero-order chi connectivity index (χ0) is 16.3. The Balaban J connectivity index is 2.66. The van der Waals surface area contributed by atoms with Crippen molar-refractivity contribution in [3.8, 4) is 0 Å². The predicted molar refractivity (Wildman–Crippen MR) is 95.9 cm³/mol. The van der Waals surface area contributed by atoms with Gasteiger partial charge in [0, 0.05) is 15.4 Å². The van der Waals surface area contributed by atoms with Crippen molar-refractivity contribution < 1.29 is 14.3 Å². The Labute approximate surface area is 136 Å². The first-order valence-electron chi connectivity index (χ1n) is 6.84. The third-order valence-electron chi connectivity index (χ3n) is 3.76. The monoisotopic (exact) mass is 344 g/mol. The average Bonchev–Trinajstić information content (AvgIpc) is 2.36. The standard InChI is InChI=1S/C15H24O3S2Si/c1-11(14(16)17)9-12-7-8-13(20-19-12)10-18-21(5,6)15(2,3)4/h7-9H,10H2,1-6H3,(H,16,17). The van der Waals surface area contributed by atoms with Gasteiger partial charge in [-0.3, -0.25) is 0 Å². The molecule has 21 heavy (non-hydrogen) atoms.